The highest BCUT2D eigenvalue weighted by molar-refractivity contribution is 6.50. The van der Waals surface area contributed by atoms with Gasteiger partial charge in [0.25, 0.3) is 0 Å². The summed E-state index contributed by atoms with van der Waals surface area (Å²) in [6.07, 6.45) is 2.17. The maximum atomic E-state index is 9.75. The largest absolute Gasteiger partial charge is 0.673 e. The van der Waals surface area contributed by atoms with Crippen LogP contribution >= 0.6 is 0 Å². The minimum Gasteiger partial charge on any atom is -0.418 e. The molecule has 0 N–H and O–H groups in total. The standard InChI is InChI=1S/C10H21N4.BF4/c1-6-8(3)10-11-14(9(4)7-2)12-13(10)5;2-1(3,4)5/h8-9H,6-7H2,1-5H3;/q+1;-1. The number of hydrogen-bond acceptors (Lipinski definition) is 2. The molecule has 0 aliphatic carbocycles. The van der Waals surface area contributed by atoms with Crippen LogP contribution in [0.4, 0.5) is 17.3 Å². The minimum absolute atomic E-state index is 0.388. The molecule has 0 fully saturated rings. The van der Waals surface area contributed by atoms with Crippen LogP contribution in [0.15, 0.2) is 0 Å². The van der Waals surface area contributed by atoms with Gasteiger partial charge in [-0.1, -0.05) is 20.8 Å². The number of halogens is 4. The van der Waals surface area contributed by atoms with Crippen molar-refractivity contribution in [3.63, 3.8) is 0 Å². The molecule has 0 saturated heterocycles. The lowest BCUT2D eigenvalue weighted by Crippen LogP contribution is -2.36. The second-order valence-corrected chi connectivity index (χ2v) is 4.45. The van der Waals surface area contributed by atoms with E-state index in [1.165, 1.54) is 0 Å². The van der Waals surface area contributed by atoms with Crippen LogP contribution in [-0.4, -0.2) is 22.4 Å². The Morgan fingerprint density at radius 1 is 1.16 bits per heavy atom. The zero-order valence-electron chi connectivity index (χ0n) is 11.9. The Hall–Kier alpha value is -1.15. The van der Waals surface area contributed by atoms with Crippen molar-refractivity contribution in [2.24, 2.45) is 7.05 Å². The molecule has 2 unspecified atom stereocenters. The van der Waals surface area contributed by atoms with E-state index in [-0.39, 0.29) is 0 Å². The zero-order chi connectivity index (χ0) is 15.2. The van der Waals surface area contributed by atoms with E-state index in [0.29, 0.717) is 12.0 Å². The molecule has 1 aromatic heterocycles. The molecular weight excluding hydrogens is 263 g/mol. The summed E-state index contributed by atoms with van der Waals surface area (Å²) in [5, 5.41) is 8.89. The molecule has 0 aromatic carbocycles. The topological polar surface area (TPSA) is 34.6 Å². The number of hydrogen-bond donors (Lipinski definition) is 0. The fourth-order valence-corrected chi connectivity index (χ4v) is 1.32. The first-order valence-electron chi connectivity index (χ1n) is 6.30. The fourth-order valence-electron chi connectivity index (χ4n) is 1.32. The second kappa shape index (κ2) is 7.45. The summed E-state index contributed by atoms with van der Waals surface area (Å²) in [4.78, 5) is 1.82. The van der Waals surface area contributed by atoms with E-state index in [9.17, 15) is 17.3 Å². The van der Waals surface area contributed by atoms with Crippen LogP contribution in [0, 0.1) is 0 Å². The first-order valence-corrected chi connectivity index (χ1v) is 6.30. The van der Waals surface area contributed by atoms with Gasteiger partial charge in [0, 0.05) is 0 Å². The smallest absolute Gasteiger partial charge is 0.418 e. The van der Waals surface area contributed by atoms with E-state index in [0.717, 1.165) is 18.7 Å². The second-order valence-electron chi connectivity index (χ2n) is 4.45. The molecule has 1 rings (SSSR count). The summed E-state index contributed by atoms with van der Waals surface area (Å²) >= 11 is 0. The van der Waals surface area contributed by atoms with Crippen LogP contribution in [0.1, 0.15) is 58.3 Å². The predicted octanol–water partition coefficient (Wildman–Crippen LogP) is 2.89. The van der Waals surface area contributed by atoms with Crippen LogP contribution in [-0.2, 0) is 7.05 Å². The van der Waals surface area contributed by atoms with Gasteiger partial charge in [0.05, 0.1) is 23.3 Å². The SMILES string of the molecule is CCC(C)c1nn(C(C)CC)n[n+]1C.F[B-](F)(F)F. The molecule has 4 nitrogen and oxygen atoms in total. The summed E-state index contributed by atoms with van der Waals surface area (Å²) in [7, 11) is -4.03. The highest BCUT2D eigenvalue weighted by atomic mass is 19.5. The van der Waals surface area contributed by atoms with Crippen molar-refractivity contribution >= 4 is 7.25 Å². The van der Waals surface area contributed by atoms with E-state index in [1.54, 1.807) is 0 Å². The third kappa shape index (κ3) is 7.12. The summed E-state index contributed by atoms with van der Waals surface area (Å²) < 4.78 is 40.9. The molecule has 0 amide bonds. The third-order valence-corrected chi connectivity index (χ3v) is 2.80. The van der Waals surface area contributed by atoms with Crippen molar-refractivity contribution in [3.05, 3.63) is 5.82 Å². The number of rotatable bonds is 4. The van der Waals surface area contributed by atoms with E-state index in [4.69, 9.17) is 0 Å². The first kappa shape index (κ1) is 17.9. The molecule has 1 aromatic rings. The van der Waals surface area contributed by atoms with Gasteiger partial charge in [-0.15, -0.1) is 4.68 Å². The van der Waals surface area contributed by atoms with Crippen LogP contribution in [0.2, 0.25) is 0 Å². The van der Waals surface area contributed by atoms with Gasteiger partial charge in [-0.2, -0.15) is 0 Å². The van der Waals surface area contributed by atoms with E-state index in [2.05, 4.69) is 38.0 Å². The lowest BCUT2D eigenvalue weighted by molar-refractivity contribution is -0.741. The number of nitrogens with zero attached hydrogens (tertiary/aromatic N) is 4. The Balaban J connectivity index is 0.000000555. The Labute approximate surface area is 110 Å². The molecule has 2 atom stereocenters. The maximum absolute atomic E-state index is 9.75. The summed E-state index contributed by atoms with van der Waals surface area (Å²) in [5.74, 6) is 1.56. The molecule has 0 bridgehead atoms. The number of aromatic nitrogens is 4. The molecule has 0 spiro atoms. The minimum atomic E-state index is -6.00. The van der Waals surface area contributed by atoms with Gasteiger partial charge < -0.3 is 17.3 Å². The molecule has 19 heavy (non-hydrogen) atoms. The van der Waals surface area contributed by atoms with Crippen molar-refractivity contribution in [3.8, 4) is 0 Å². The Morgan fingerprint density at radius 3 is 2.00 bits per heavy atom. The quantitative estimate of drug-likeness (QED) is 0.484. The fraction of sp³-hybridized carbons (Fsp3) is 0.900. The zero-order valence-corrected chi connectivity index (χ0v) is 11.9. The average Bonchev–Trinajstić information content (AvgIpc) is 2.67. The van der Waals surface area contributed by atoms with Crippen LogP contribution in [0.3, 0.4) is 0 Å². The van der Waals surface area contributed by atoms with Crippen molar-refractivity contribution in [2.75, 3.05) is 0 Å². The Morgan fingerprint density at radius 2 is 1.63 bits per heavy atom. The predicted molar refractivity (Wildman–Crippen MR) is 65.1 cm³/mol. The number of aryl methyl sites for hydroxylation is 1. The van der Waals surface area contributed by atoms with E-state index in [1.807, 2.05) is 16.5 Å². The van der Waals surface area contributed by atoms with E-state index < -0.39 is 7.25 Å². The monoisotopic (exact) mass is 284 g/mol. The summed E-state index contributed by atoms with van der Waals surface area (Å²) in [6.45, 7) is 8.65. The van der Waals surface area contributed by atoms with Crippen molar-refractivity contribution in [2.45, 2.75) is 52.5 Å². The molecule has 0 aliphatic rings. The average molecular weight is 284 g/mol. The lowest BCUT2D eigenvalue weighted by Gasteiger charge is -1.98. The van der Waals surface area contributed by atoms with Gasteiger partial charge in [0.2, 0.25) is 0 Å². The van der Waals surface area contributed by atoms with Gasteiger partial charge in [-0.05, 0) is 24.6 Å². The van der Waals surface area contributed by atoms with Crippen LogP contribution in [0.5, 0.6) is 0 Å². The first-order chi connectivity index (χ1) is 8.60. The van der Waals surface area contributed by atoms with Gasteiger partial charge in [0.15, 0.2) is 0 Å². The van der Waals surface area contributed by atoms with E-state index >= 15 is 0 Å². The summed E-state index contributed by atoms with van der Waals surface area (Å²) in [5.41, 5.74) is 0. The molecule has 0 aliphatic heterocycles. The van der Waals surface area contributed by atoms with Gasteiger partial charge >= 0.3 is 13.1 Å². The van der Waals surface area contributed by atoms with Crippen molar-refractivity contribution < 1.29 is 21.9 Å². The van der Waals surface area contributed by atoms with Crippen LogP contribution in [0.25, 0.3) is 0 Å². The van der Waals surface area contributed by atoms with Crippen molar-refractivity contribution in [1.29, 1.82) is 0 Å². The molecule has 9 heteroatoms. The molecule has 1 heterocycles. The normalized spacial score (nSPS) is 14.6. The van der Waals surface area contributed by atoms with Gasteiger partial charge in [0.1, 0.15) is 6.04 Å². The Kier molecular flexibility index (Phi) is 7.00. The van der Waals surface area contributed by atoms with Gasteiger partial charge in [-0.3, -0.25) is 0 Å². The van der Waals surface area contributed by atoms with Crippen molar-refractivity contribution in [1.82, 2.24) is 15.1 Å². The highest BCUT2D eigenvalue weighted by Gasteiger charge is 2.23. The van der Waals surface area contributed by atoms with Crippen LogP contribution < -0.4 is 4.68 Å². The Bertz CT molecular complexity index is 374. The molecule has 0 saturated carbocycles. The molecular formula is C10H21BF4N4. The lowest BCUT2D eigenvalue weighted by atomic mass is 10.1. The maximum Gasteiger partial charge on any atom is 0.673 e. The molecule has 0 radical (unpaired) electrons. The molecule has 112 valence electrons. The summed E-state index contributed by atoms with van der Waals surface area (Å²) in [6, 6.07) is 0.388. The third-order valence-electron chi connectivity index (χ3n) is 2.80. The number of tetrazole rings is 1. The van der Waals surface area contributed by atoms with Gasteiger partial charge in [-0.25, -0.2) is 0 Å². The highest BCUT2D eigenvalue weighted by Crippen LogP contribution is 2.13.